The Hall–Kier alpha value is -6.44. The highest BCUT2D eigenvalue weighted by atomic mass is 16.3. The summed E-state index contributed by atoms with van der Waals surface area (Å²) >= 11 is 0. The van der Waals surface area contributed by atoms with Crippen LogP contribution in [-0.2, 0) is 0 Å². The Morgan fingerprint density at radius 3 is 1.73 bits per heavy atom. The second-order valence-corrected chi connectivity index (χ2v) is 12.5. The Labute approximate surface area is 289 Å². The zero-order valence-electron chi connectivity index (χ0n) is 30.4. The van der Waals surface area contributed by atoms with Crippen LogP contribution in [-0.4, -0.2) is 0 Å². The Balaban J connectivity index is 1.23. The topological polar surface area (TPSA) is 13.1 Å². The molecular formula is C48H30O. The van der Waals surface area contributed by atoms with E-state index in [0.29, 0.717) is 22.3 Å². The molecular weight excluding hydrogens is 593 g/mol. The molecule has 1 heteroatoms. The molecule has 1 aromatic heterocycles. The van der Waals surface area contributed by atoms with Gasteiger partial charge in [0.15, 0.2) is 0 Å². The molecule has 0 fully saturated rings. The van der Waals surface area contributed by atoms with Crippen molar-refractivity contribution in [2.24, 2.45) is 0 Å². The van der Waals surface area contributed by atoms with Gasteiger partial charge in [0.2, 0.25) is 0 Å². The summed E-state index contributed by atoms with van der Waals surface area (Å²) < 4.78 is 44.0. The van der Waals surface area contributed by atoms with Gasteiger partial charge in [-0.1, -0.05) is 158 Å². The quantitative estimate of drug-likeness (QED) is 0.177. The highest BCUT2D eigenvalue weighted by Crippen LogP contribution is 2.45. The Bertz CT molecular complexity index is 3050. The van der Waals surface area contributed by atoms with Gasteiger partial charge >= 0.3 is 0 Å². The van der Waals surface area contributed by atoms with Gasteiger partial charge in [-0.05, 0) is 95.5 Å². The van der Waals surface area contributed by atoms with Gasteiger partial charge in [0.05, 0.1) is 5.48 Å². The minimum Gasteiger partial charge on any atom is -0.455 e. The molecule has 228 valence electrons. The molecule has 0 aliphatic heterocycles. The summed E-state index contributed by atoms with van der Waals surface area (Å²) in [5.74, 6) is 0. The Morgan fingerprint density at radius 1 is 0.388 bits per heavy atom. The zero-order chi connectivity index (χ0) is 35.8. The molecule has 49 heavy (non-hydrogen) atoms. The Morgan fingerprint density at radius 2 is 0.980 bits per heavy atom. The van der Waals surface area contributed by atoms with E-state index in [1.807, 2.05) is 91.0 Å². The van der Waals surface area contributed by atoms with Crippen LogP contribution in [0.15, 0.2) is 186 Å². The largest absolute Gasteiger partial charge is 0.455 e. The van der Waals surface area contributed by atoms with Crippen molar-refractivity contribution in [1.29, 1.82) is 0 Å². The van der Waals surface area contributed by atoms with E-state index in [1.165, 1.54) is 10.8 Å². The van der Waals surface area contributed by atoms with Gasteiger partial charge in [-0.25, -0.2) is 0 Å². The van der Waals surface area contributed by atoms with Crippen LogP contribution in [0, 0.1) is 0 Å². The van der Waals surface area contributed by atoms with Gasteiger partial charge < -0.3 is 4.42 Å². The molecule has 0 spiro atoms. The van der Waals surface area contributed by atoms with Crippen molar-refractivity contribution < 1.29 is 9.90 Å². The van der Waals surface area contributed by atoms with Gasteiger partial charge in [-0.15, -0.1) is 0 Å². The van der Waals surface area contributed by atoms with Gasteiger partial charge in [-0.3, -0.25) is 0 Å². The summed E-state index contributed by atoms with van der Waals surface area (Å²) in [6.07, 6.45) is 0. The molecule has 10 aromatic rings. The lowest BCUT2D eigenvalue weighted by Crippen LogP contribution is -1.91. The first-order chi connectivity index (χ1) is 26.0. The fourth-order valence-electron chi connectivity index (χ4n) is 7.46. The smallest absolute Gasteiger partial charge is 0.143 e. The molecule has 0 aliphatic carbocycles. The van der Waals surface area contributed by atoms with Crippen LogP contribution >= 0.6 is 0 Å². The van der Waals surface area contributed by atoms with E-state index >= 15 is 0 Å². The normalized spacial score (nSPS) is 12.8. The van der Waals surface area contributed by atoms with Crippen LogP contribution in [0.2, 0.25) is 0 Å². The van der Waals surface area contributed by atoms with E-state index in [-0.39, 0.29) is 29.7 Å². The lowest BCUT2D eigenvalue weighted by molar-refractivity contribution is 0.670. The first-order valence-electron chi connectivity index (χ1n) is 18.5. The summed E-state index contributed by atoms with van der Waals surface area (Å²) in [6.45, 7) is 0. The maximum atomic E-state index is 9.83. The molecule has 0 N–H and O–H groups in total. The third-order valence-electron chi connectivity index (χ3n) is 9.72. The van der Waals surface area contributed by atoms with Gasteiger partial charge in [0.25, 0.3) is 0 Å². The lowest BCUT2D eigenvalue weighted by atomic mass is 9.85. The molecule has 10 rings (SSSR count). The van der Waals surface area contributed by atoms with Crippen LogP contribution in [0.25, 0.3) is 98.8 Å². The maximum Gasteiger partial charge on any atom is 0.143 e. The minimum atomic E-state index is -0.224. The van der Waals surface area contributed by atoms with E-state index in [2.05, 4.69) is 66.7 Å². The number of furan rings is 1. The molecule has 0 amide bonds. The molecule has 0 unspecified atom stereocenters. The van der Waals surface area contributed by atoms with E-state index in [4.69, 9.17) is 5.79 Å². The molecule has 9 aromatic carbocycles. The second kappa shape index (κ2) is 11.1. The monoisotopic (exact) mass is 626 g/mol. The summed E-state index contributed by atoms with van der Waals surface area (Å²) in [6, 6.07) is 52.8. The highest BCUT2D eigenvalue weighted by Gasteiger charge is 2.18. The van der Waals surface area contributed by atoms with Crippen molar-refractivity contribution in [2.45, 2.75) is 0 Å². The maximum absolute atomic E-state index is 9.83. The van der Waals surface area contributed by atoms with Crippen LogP contribution < -0.4 is 0 Å². The molecule has 1 nitrogen and oxygen atoms in total. The van der Waals surface area contributed by atoms with Crippen molar-refractivity contribution in [3.05, 3.63) is 182 Å². The average Bonchev–Trinajstić information content (AvgIpc) is 3.59. The van der Waals surface area contributed by atoms with Crippen LogP contribution in [0.5, 0.6) is 0 Å². The van der Waals surface area contributed by atoms with Crippen molar-refractivity contribution in [2.75, 3.05) is 0 Å². The molecule has 0 saturated heterocycles. The van der Waals surface area contributed by atoms with Gasteiger partial charge in [0.1, 0.15) is 11.2 Å². The fourth-order valence-corrected chi connectivity index (χ4v) is 7.46. The molecule has 0 radical (unpaired) electrons. The number of hydrogen-bond donors (Lipinski definition) is 0. The number of hydrogen-bond acceptors (Lipinski definition) is 1. The summed E-state index contributed by atoms with van der Waals surface area (Å²) in [5.41, 5.74) is 7.47. The molecule has 0 bridgehead atoms. The third-order valence-corrected chi connectivity index (χ3v) is 9.72. The van der Waals surface area contributed by atoms with E-state index in [1.54, 1.807) is 0 Å². The SMILES string of the molecule is [2H]c1c([2H])c(-c2c3ccccc3c(-c3ccccc3)c3ccccc23)c([2H])c(-c2cccc3c2oc2ccc(-c4ccc5ccccc5c4)cc23)c1[2H]. The third kappa shape index (κ3) is 4.47. The van der Waals surface area contributed by atoms with Crippen LogP contribution in [0.4, 0.5) is 0 Å². The minimum absolute atomic E-state index is 0.0311. The van der Waals surface area contributed by atoms with Crippen molar-refractivity contribution >= 4 is 54.3 Å². The first kappa shape index (κ1) is 23.8. The number of benzene rings is 9. The zero-order valence-corrected chi connectivity index (χ0v) is 26.4. The average molecular weight is 627 g/mol. The number of rotatable bonds is 4. The van der Waals surface area contributed by atoms with Gasteiger partial charge in [-0.2, -0.15) is 0 Å². The number of fused-ring (bicyclic) bond motifs is 6. The number of para-hydroxylation sites is 1. The fraction of sp³-hybridized carbons (Fsp3) is 0. The molecule has 0 atom stereocenters. The van der Waals surface area contributed by atoms with Crippen LogP contribution in [0.1, 0.15) is 5.48 Å². The van der Waals surface area contributed by atoms with Crippen molar-refractivity contribution in [3.63, 3.8) is 0 Å². The van der Waals surface area contributed by atoms with E-state index in [0.717, 1.165) is 60.1 Å². The van der Waals surface area contributed by atoms with Crippen LogP contribution in [0.3, 0.4) is 0 Å². The van der Waals surface area contributed by atoms with Crippen molar-refractivity contribution in [1.82, 2.24) is 0 Å². The summed E-state index contributed by atoms with van der Waals surface area (Å²) in [5, 5.41) is 7.93. The Kier molecular flexibility index (Phi) is 5.38. The highest BCUT2D eigenvalue weighted by molar-refractivity contribution is 6.21. The van der Waals surface area contributed by atoms with Gasteiger partial charge in [0, 0.05) is 16.3 Å². The first-order valence-corrected chi connectivity index (χ1v) is 16.5. The lowest BCUT2D eigenvalue weighted by Gasteiger charge is -2.18. The predicted octanol–water partition coefficient (Wildman–Crippen LogP) is 13.7. The standard InChI is InChI=1S/C48H30O/c1-2-13-32(14-3-1)46-39-18-6-8-20-41(39)47(42-21-9-7-19-40(42)46)37-17-10-16-36(29-37)38-22-11-23-43-44-30-35(26-27-45(44)49-48(38)43)34-25-24-31-12-4-5-15-33(31)28-34/h1-30H/i10D,16D,17D,29D. The molecule has 0 aliphatic rings. The summed E-state index contributed by atoms with van der Waals surface area (Å²) in [7, 11) is 0. The molecule has 0 saturated carbocycles. The van der Waals surface area contributed by atoms with E-state index < -0.39 is 0 Å². The second-order valence-electron chi connectivity index (χ2n) is 12.5. The predicted molar refractivity (Wildman–Crippen MR) is 208 cm³/mol. The van der Waals surface area contributed by atoms with E-state index in [9.17, 15) is 4.11 Å². The molecule has 1 heterocycles. The van der Waals surface area contributed by atoms with Crippen molar-refractivity contribution in [3.8, 4) is 44.5 Å². The summed E-state index contributed by atoms with van der Waals surface area (Å²) in [4.78, 5) is 0.